The standard InChI is InChI=1S/C48H36O2/c1-47(2)35-25-33(27-15-7-5-8-16-27)39-29-19-11-13-21-37(29)49-45(39)41(35)31-23-24-32-42-36(48(3,4)44(32)43(31)47)26-34(28-17-9-6-10-18-28)40-30-20-12-14-22-38(30)50-46(40)42/h5,7-9,11-26H,6,10H2,1-4H3. The third-order valence-electron chi connectivity index (χ3n) is 12.0. The molecule has 0 amide bonds. The molecule has 240 valence electrons. The molecule has 2 heteroatoms. The second-order valence-electron chi connectivity index (χ2n) is 15.5. The fourth-order valence-corrected chi connectivity index (χ4v) is 9.79. The van der Waals surface area contributed by atoms with Gasteiger partial charge >= 0.3 is 0 Å². The first-order valence-electron chi connectivity index (χ1n) is 17.9. The highest BCUT2D eigenvalue weighted by Crippen LogP contribution is 2.63. The summed E-state index contributed by atoms with van der Waals surface area (Å²) in [6, 6.07) is 37.6. The number of furan rings is 2. The van der Waals surface area contributed by atoms with Gasteiger partial charge in [0.1, 0.15) is 22.3 Å². The zero-order valence-corrected chi connectivity index (χ0v) is 28.8. The monoisotopic (exact) mass is 644 g/mol. The smallest absolute Gasteiger partial charge is 0.144 e. The number of benzene rings is 6. The summed E-state index contributed by atoms with van der Waals surface area (Å²) >= 11 is 0. The van der Waals surface area contributed by atoms with Gasteiger partial charge in [0.05, 0.1) is 0 Å². The predicted molar refractivity (Wildman–Crippen MR) is 208 cm³/mol. The van der Waals surface area contributed by atoms with Crippen LogP contribution in [0.2, 0.25) is 0 Å². The van der Waals surface area contributed by atoms with E-state index in [0.717, 1.165) is 40.6 Å². The summed E-state index contributed by atoms with van der Waals surface area (Å²) in [7, 11) is 0. The average molecular weight is 645 g/mol. The van der Waals surface area contributed by atoms with Crippen LogP contribution in [0.3, 0.4) is 0 Å². The van der Waals surface area contributed by atoms with E-state index in [0.29, 0.717) is 0 Å². The Bertz CT molecular complexity index is 2850. The first-order chi connectivity index (χ1) is 24.3. The van der Waals surface area contributed by atoms with Gasteiger partial charge in [-0.25, -0.2) is 0 Å². The van der Waals surface area contributed by atoms with Crippen LogP contribution in [0.15, 0.2) is 130 Å². The zero-order chi connectivity index (χ0) is 33.5. The molecule has 0 fully saturated rings. The van der Waals surface area contributed by atoms with E-state index in [1.165, 1.54) is 82.9 Å². The lowest BCUT2D eigenvalue weighted by Crippen LogP contribution is -2.24. The molecule has 0 saturated carbocycles. The highest BCUT2D eigenvalue weighted by Gasteiger charge is 2.48. The second kappa shape index (κ2) is 9.55. The topological polar surface area (TPSA) is 26.3 Å². The molecule has 2 nitrogen and oxygen atoms in total. The molecule has 0 radical (unpaired) electrons. The van der Waals surface area contributed by atoms with Crippen molar-refractivity contribution in [3.05, 3.63) is 149 Å². The molecule has 2 heterocycles. The summed E-state index contributed by atoms with van der Waals surface area (Å²) in [5.74, 6) is 0. The molecular weight excluding hydrogens is 609 g/mol. The van der Waals surface area contributed by atoms with Crippen molar-refractivity contribution in [2.24, 2.45) is 0 Å². The molecule has 0 unspecified atom stereocenters. The van der Waals surface area contributed by atoms with Crippen molar-refractivity contribution in [2.75, 3.05) is 0 Å². The molecule has 0 bridgehead atoms. The van der Waals surface area contributed by atoms with Crippen LogP contribution in [0.4, 0.5) is 0 Å². The summed E-state index contributed by atoms with van der Waals surface area (Å²) in [6.45, 7) is 9.68. The number of rotatable bonds is 2. The summed E-state index contributed by atoms with van der Waals surface area (Å²) in [5, 5.41) is 4.76. The van der Waals surface area contributed by atoms with Crippen LogP contribution in [0.5, 0.6) is 0 Å². The SMILES string of the molecule is CC1(C)c2cc(C3=CCCC=C3)c3c(oc4ccccc43)c2-c2ccc3c(c21)C(C)(C)c1cc(-c2ccccc2)c2c(oc4ccccc42)c1-3. The lowest BCUT2D eigenvalue weighted by Gasteiger charge is -2.31. The van der Waals surface area contributed by atoms with E-state index in [4.69, 9.17) is 8.83 Å². The van der Waals surface area contributed by atoms with Crippen LogP contribution >= 0.6 is 0 Å². The van der Waals surface area contributed by atoms with E-state index in [1.54, 1.807) is 0 Å². The molecule has 3 aliphatic carbocycles. The van der Waals surface area contributed by atoms with E-state index in [2.05, 4.69) is 149 Å². The van der Waals surface area contributed by atoms with Crippen LogP contribution in [0, 0.1) is 0 Å². The Kier molecular flexibility index (Phi) is 5.40. The van der Waals surface area contributed by atoms with Gasteiger partial charge in [-0.1, -0.05) is 125 Å². The Balaban J connectivity index is 1.24. The minimum absolute atomic E-state index is 0.259. The molecule has 6 aromatic carbocycles. The summed E-state index contributed by atoms with van der Waals surface area (Å²) in [6.07, 6.45) is 9.17. The molecule has 0 aliphatic heterocycles. The Labute approximate surface area is 291 Å². The normalized spacial score (nSPS) is 16.6. The highest BCUT2D eigenvalue weighted by atomic mass is 16.3. The van der Waals surface area contributed by atoms with Crippen LogP contribution in [0.25, 0.3) is 82.8 Å². The Hall–Kier alpha value is -5.60. The average Bonchev–Trinajstić information content (AvgIpc) is 3.84. The minimum Gasteiger partial charge on any atom is -0.455 e. The van der Waals surface area contributed by atoms with E-state index in [-0.39, 0.29) is 10.8 Å². The van der Waals surface area contributed by atoms with E-state index < -0.39 is 0 Å². The number of para-hydroxylation sites is 2. The molecule has 0 atom stereocenters. The van der Waals surface area contributed by atoms with Crippen molar-refractivity contribution in [1.82, 2.24) is 0 Å². The van der Waals surface area contributed by atoms with Crippen molar-refractivity contribution in [1.29, 1.82) is 0 Å². The van der Waals surface area contributed by atoms with Crippen LogP contribution in [0.1, 0.15) is 68.4 Å². The minimum atomic E-state index is -0.267. The molecular formula is C48H36O2. The van der Waals surface area contributed by atoms with Crippen LogP contribution in [-0.2, 0) is 10.8 Å². The first kappa shape index (κ1) is 28.3. The van der Waals surface area contributed by atoms with Crippen molar-refractivity contribution in [3.8, 4) is 33.4 Å². The van der Waals surface area contributed by atoms with Gasteiger partial charge in [-0.05, 0) is 92.8 Å². The first-order valence-corrected chi connectivity index (χ1v) is 17.9. The molecule has 0 saturated heterocycles. The van der Waals surface area contributed by atoms with Gasteiger partial charge in [0, 0.05) is 43.5 Å². The van der Waals surface area contributed by atoms with Crippen LogP contribution in [-0.4, -0.2) is 0 Å². The molecule has 3 aliphatic rings. The Morgan fingerprint density at radius 1 is 0.520 bits per heavy atom. The van der Waals surface area contributed by atoms with Gasteiger partial charge in [0.15, 0.2) is 0 Å². The van der Waals surface area contributed by atoms with Crippen molar-refractivity contribution < 1.29 is 8.83 Å². The maximum absolute atomic E-state index is 6.90. The highest BCUT2D eigenvalue weighted by molar-refractivity contribution is 6.20. The number of hydrogen-bond donors (Lipinski definition) is 0. The largest absolute Gasteiger partial charge is 0.455 e. The maximum Gasteiger partial charge on any atom is 0.144 e. The summed E-state index contributed by atoms with van der Waals surface area (Å²) in [5.41, 5.74) is 18.9. The third kappa shape index (κ3) is 3.44. The predicted octanol–water partition coefficient (Wildman–Crippen LogP) is 13.5. The van der Waals surface area contributed by atoms with Gasteiger partial charge in [-0.3, -0.25) is 0 Å². The molecule has 8 aromatic rings. The van der Waals surface area contributed by atoms with E-state index in [9.17, 15) is 0 Å². The van der Waals surface area contributed by atoms with Gasteiger partial charge in [0.2, 0.25) is 0 Å². The van der Waals surface area contributed by atoms with Gasteiger partial charge < -0.3 is 8.83 Å². The number of hydrogen-bond acceptors (Lipinski definition) is 2. The fourth-order valence-electron chi connectivity index (χ4n) is 9.79. The van der Waals surface area contributed by atoms with E-state index >= 15 is 0 Å². The number of fused-ring (bicyclic) bond motifs is 15. The fraction of sp³-hybridized carbons (Fsp3) is 0.167. The molecule has 0 N–H and O–H groups in total. The molecule has 2 aromatic heterocycles. The summed E-state index contributed by atoms with van der Waals surface area (Å²) in [4.78, 5) is 0. The quantitative estimate of drug-likeness (QED) is 0.187. The lowest BCUT2D eigenvalue weighted by molar-refractivity contribution is 0.600. The third-order valence-corrected chi connectivity index (χ3v) is 12.0. The molecule has 0 spiro atoms. The number of allylic oxidation sites excluding steroid dienone is 4. The lowest BCUT2D eigenvalue weighted by atomic mass is 9.72. The van der Waals surface area contributed by atoms with Crippen LogP contribution < -0.4 is 0 Å². The van der Waals surface area contributed by atoms with E-state index in [1.807, 2.05) is 0 Å². The summed E-state index contributed by atoms with van der Waals surface area (Å²) < 4.78 is 13.8. The van der Waals surface area contributed by atoms with Gasteiger partial charge in [-0.2, -0.15) is 0 Å². The van der Waals surface area contributed by atoms with Crippen molar-refractivity contribution in [3.63, 3.8) is 0 Å². The molecule has 50 heavy (non-hydrogen) atoms. The Morgan fingerprint density at radius 3 is 1.60 bits per heavy atom. The van der Waals surface area contributed by atoms with Gasteiger partial charge in [-0.15, -0.1) is 0 Å². The van der Waals surface area contributed by atoms with Gasteiger partial charge in [0.25, 0.3) is 0 Å². The Morgan fingerprint density at radius 2 is 1.04 bits per heavy atom. The van der Waals surface area contributed by atoms with Crippen molar-refractivity contribution in [2.45, 2.75) is 51.4 Å². The van der Waals surface area contributed by atoms with Crippen molar-refractivity contribution >= 4 is 49.5 Å². The zero-order valence-electron chi connectivity index (χ0n) is 28.8. The maximum atomic E-state index is 6.90. The molecule has 11 rings (SSSR count). The second-order valence-corrected chi connectivity index (χ2v) is 15.5.